The number of benzene rings is 1. The van der Waals surface area contributed by atoms with Crippen LogP contribution < -0.4 is 4.90 Å². The summed E-state index contributed by atoms with van der Waals surface area (Å²) in [5.41, 5.74) is 1.66. The van der Waals surface area contributed by atoms with Gasteiger partial charge in [-0.15, -0.1) is 11.6 Å². The fraction of sp³-hybridized carbons (Fsp3) is 0.300. The van der Waals surface area contributed by atoms with Crippen LogP contribution in [-0.2, 0) is 0 Å². The number of alkyl halides is 1. The van der Waals surface area contributed by atoms with E-state index in [0.29, 0.717) is 16.6 Å². The number of anilines is 1. The molecule has 0 saturated carbocycles. The number of aliphatic imine (C=N–C) groups is 1. The Morgan fingerprint density at radius 1 is 1.53 bits per heavy atom. The Balaban J connectivity index is 3.10. The van der Waals surface area contributed by atoms with Crippen LogP contribution in [0, 0.1) is 0 Å². The van der Waals surface area contributed by atoms with Crippen LogP contribution in [0.4, 0.5) is 11.4 Å². The number of halogens is 2. The van der Waals surface area contributed by atoms with Crippen LogP contribution in [0.5, 0.6) is 0 Å². The summed E-state index contributed by atoms with van der Waals surface area (Å²) in [5, 5.41) is 2.97. The van der Waals surface area contributed by atoms with E-state index < -0.39 is 0 Å². The minimum Gasteiger partial charge on any atom is -0.372 e. The molecule has 0 bridgehead atoms. The van der Waals surface area contributed by atoms with Gasteiger partial charge in [0.2, 0.25) is 0 Å². The van der Waals surface area contributed by atoms with E-state index in [-0.39, 0.29) is 0 Å². The largest absolute Gasteiger partial charge is 0.372 e. The van der Waals surface area contributed by atoms with Crippen LogP contribution in [0.1, 0.15) is 0 Å². The second-order valence-corrected chi connectivity index (χ2v) is 3.94. The van der Waals surface area contributed by atoms with Gasteiger partial charge in [-0.2, -0.15) is 4.99 Å². The summed E-state index contributed by atoms with van der Waals surface area (Å²) in [6.07, 6.45) is 0. The van der Waals surface area contributed by atoms with Crippen molar-refractivity contribution in [2.45, 2.75) is 0 Å². The monoisotopic (exact) mass is 260 g/mol. The first-order valence-electron chi connectivity index (χ1n) is 4.33. The number of nitrogens with zero attached hydrogens (tertiary/aromatic N) is 2. The first-order chi connectivity index (χ1) is 7.19. The van der Waals surface area contributed by atoms with E-state index in [9.17, 15) is 0 Å². The highest BCUT2D eigenvalue weighted by atomic mass is 35.5. The minimum atomic E-state index is 0.555. The van der Waals surface area contributed by atoms with Crippen LogP contribution in [0.15, 0.2) is 23.2 Å². The Hall–Kier alpha value is -0.600. The maximum Gasteiger partial charge on any atom is 0.0987 e. The maximum atomic E-state index is 5.87. The standard InChI is InChI=1S/C10H10Cl2N2S/c1-14(5-4-11)10-3-2-8(12)6-9(10)13-7-15/h2-3,6H,4-5H2,1H3. The van der Waals surface area contributed by atoms with Gasteiger partial charge in [-0.1, -0.05) is 11.6 Å². The summed E-state index contributed by atoms with van der Waals surface area (Å²) < 4.78 is 0. The molecule has 0 fully saturated rings. The quantitative estimate of drug-likeness (QED) is 0.466. The van der Waals surface area contributed by atoms with E-state index in [2.05, 4.69) is 22.4 Å². The van der Waals surface area contributed by atoms with Gasteiger partial charge in [-0.05, 0) is 30.4 Å². The zero-order valence-corrected chi connectivity index (χ0v) is 10.5. The number of rotatable bonds is 4. The second kappa shape index (κ2) is 6.09. The molecule has 5 heteroatoms. The normalized spacial score (nSPS) is 9.53. The SMILES string of the molecule is CN(CCCl)c1ccc(Cl)cc1N=C=S. The topological polar surface area (TPSA) is 15.6 Å². The third kappa shape index (κ3) is 3.47. The molecule has 0 aromatic heterocycles. The van der Waals surface area contributed by atoms with Gasteiger partial charge in [0, 0.05) is 24.5 Å². The lowest BCUT2D eigenvalue weighted by Crippen LogP contribution is -2.19. The summed E-state index contributed by atoms with van der Waals surface area (Å²) in [5.74, 6) is 0.555. The highest BCUT2D eigenvalue weighted by Gasteiger charge is 2.06. The molecule has 0 aliphatic rings. The van der Waals surface area contributed by atoms with E-state index in [0.717, 1.165) is 12.2 Å². The third-order valence-electron chi connectivity index (χ3n) is 1.93. The Labute approximate surface area is 105 Å². The molecule has 80 valence electrons. The van der Waals surface area contributed by atoms with Gasteiger partial charge in [-0.25, -0.2) is 0 Å². The Morgan fingerprint density at radius 3 is 2.87 bits per heavy atom. The molecule has 2 nitrogen and oxygen atoms in total. The molecule has 0 unspecified atom stereocenters. The molecule has 0 spiro atoms. The fourth-order valence-corrected chi connectivity index (χ4v) is 1.72. The highest BCUT2D eigenvalue weighted by Crippen LogP contribution is 2.30. The molecular weight excluding hydrogens is 251 g/mol. The van der Waals surface area contributed by atoms with E-state index in [1.165, 1.54) is 0 Å². The molecular formula is C10H10Cl2N2S. The summed E-state index contributed by atoms with van der Waals surface area (Å²) >= 11 is 16.1. The van der Waals surface area contributed by atoms with E-state index in [4.69, 9.17) is 23.2 Å². The molecule has 0 N–H and O–H groups in total. The molecule has 1 aromatic carbocycles. The lowest BCUT2D eigenvalue weighted by Gasteiger charge is -2.19. The number of hydrogen-bond acceptors (Lipinski definition) is 3. The Bertz CT molecular complexity index is 389. The van der Waals surface area contributed by atoms with Crippen molar-refractivity contribution in [1.82, 2.24) is 0 Å². The van der Waals surface area contributed by atoms with Crippen molar-refractivity contribution in [3.63, 3.8) is 0 Å². The molecule has 0 radical (unpaired) electrons. The smallest absolute Gasteiger partial charge is 0.0987 e. The van der Waals surface area contributed by atoms with Crippen LogP contribution in [0.25, 0.3) is 0 Å². The summed E-state index contributed by atoms with van der Waals surface area (Å²) in [4.78, 5) is 5.96. The lowest BCUT2D eigenvalue weighted by molar-refractivity contribution is 0.973. The zero-order chi connectivity index (χ0) is 11.3. The van der Waals surface area contributed by atoms with Crippen LogP contribution in [-0.4, -0.2) is 24.6 Å². The third-order valence-corrected chi connectivity index (χ3v) is 2.43. The molecule has 1 aromatic rings. The first kappa shape index (κ1) is 12.5. The van der Waals surface area contributed by atoms with E-state index >= 15 is 0 Å². The van der Waals surface area contributed by atoms with Gasteiger partial charge < -0.3 is 4.90 Å². The molecule has 0 atom stereocenters. The molecule has 15 heavy (non-hydrogen) atoms. The van der Waals surface area contributed by atoms with Crippen molar-refractivity contribution in [1.29, 1.82) is 0 Å². The van der Waals surface area contributed by atoms with Crippen LogP contribution in [0.2, 0.25) is 5.02 Å². The van der Waals surface area contributed by atoms with Crippen LogP contribution in [0.3, 0.4) is 0 Å². The van der Waals surface area contributed by atoms with Crippen molar-refractivity contribution in [2.24, 2.45) is 4.99 Å². The van der Waals surface area contributed by atoms with Gasteiger partial charge in [0.15, 0.2) is 0 Å². The minimum absolute atomic E-state index is 0.555. The molecule has 0 aliphatic heterocycles. The van der Waals surface area contributed by atoms with Gasteiger partial charge in [0.05, 0.1) is 16.5 Å². The van der Waals surface area contributed by atoms with Gasteiger partial charge in [0.25, 0.3) is 0 Å². The van der Waals surface area contributed by atoms with Crippen molar-refractivity contribution < 1.29 is 0 Å². The van der Waals surface area contributed by atoms with E-state index in [1.807, 2.05) is 24.1 Å². The second-order valence-electron chi connectivity index (χ2n) is 2.95. The summed E-state index contributed by atoms with van der Waals surface area (Å²) in [6.45, 7) is 0.739. The average molecular weight is 261 g/mol. The first-order valence-corrected chi connectivity index (χ1v) is 5.65. The molecule has 0 aliphatic carbocycles. The van der Waals surface area contributed by atoms with Crippen molar-refractivity contribution in [3.05, 3.63) is 23.2 Å². The molecule has 1 rings (SSSR count). The highest BCUT2D eigenvalue weighted by molar-refractivity contribution is 7.78. The number of isothiocyanates is 1. The number of thiocarbonyl (C=S) groups is 1. The molecule has 0 amide bonds. The summed E-state index contributed by atoms with van der Waals surface area (Å²) in [6, 6.07) is 5.45. The van der Waals surface area contributed by atoms with Crippen molar-refractivity contribution in [2.75, 3.05) is 24.4 Å². The zero-order valence-electron chi connectivity index (χ0n) is 8.20. The van der Waals surface area contributed by atoms with E-state index in [1.54, 1.807) is 6.07 Å². The van der Waals surface area contributed by atoms with Crippen LogP contribution >= 0.6 is 35.4 Å². The predicted octanol–water partition coefficient (Wildman–Crippen LogP) is 3.75. The van der Waals surface area contributed by atoms with Crippen molar-refractivity contribution in [3.8, 4) is 0 Å². The van der Waals surface area contributed by atoms with Gasteiger partial charge >= 0.3 is 0 Å². The molecule has 0 saturated heterocycles. The molecule has 0 heterocycles. The van der Waals surface area contributed by atoms with Gasteiger partial charge in [-0.3, -0.25) is 0 Å². The maximum absolute atomic E-state index is 5.87. The number of hydrogen-bond donors (Lipinski definition) is 0. The average Bonchev–Trinajstić information content (AvgIpc) is 2.18. The fourth-order valence-electron chi connectivity index (χ4n) is 1.21. The summed E-state index contributed by atoms with van der Waals surface area (Å²) in [7, 11) is 1.94. The Kier molecular flexibility index (Phi) is 5.06. The Morgan fingerprint density at radius 2 is 2.27 bits per heavy atom. The predicted molar refractivity (Wildman–Crippen MR) is 70.1 cm³/mol. The lowest BCUT2D eigenvalue weighted by atomic mass is 10.2. The van der Waals surface area contributed by atoms with Crippen molar-refractivity contribution >= 4 is 52.0 Å². The van der Waals surface area contributed by atoms with Gasteiger partial charge in [0.1, 0.15) is 0 Å².